The number of amides is 1. The second-order valence-electron chi connectivity index (χ2n) is 8.38. The third-order valence-electron chi connectivity index (χ3n) is 6.10. The Balaban J connectivity index is 1.47. The van der Waals surface area contributed by atoms with Crippen LogP contribution < -0.4 is 0 Å². The molecule has 0 N–H and O–H groups in total. The van der Waals surface area contributed by atoms with Gasteiger partial charge in [0.15, 0.2) is 5.78 Å². The van der Waals surface area contributed by atoms with E-state index >= 15 is 0 Å². The van der Waals surface area contributed by atoms with Gasteiger partial charge in [0.25, 0.3) is 5.91 Å². The van der Waals surface area contributed by atoms with Gasteiger partial charge in [0, 0.05) is 43.4 Å². The van der Waals surface area contributed by atoms with Gasteiger partial charge in [0.2, 0.25) is 0 Å². The second kappa shape index (κ2) is 7.55. The Labute approximate surface area is 181 Å². The molecule has 31 heavy (non-hydrogen) atoms. The van der Waals surface area contributed by atoms with Gasteiger partial charge >= 0.3 is 0 Å². The first kappa shape index (κ1) is 19.3. The fraction of sp³-hybridized carbons (Fsp3) is 0.185. The van der Waals surface area contributed by atoms with Crippen LogP contribution in [0.2, 0.25) is 0 Å². The van der Waals surface area contributed by atoms with Crippen LogP contribution in [0.15, 0.2) is 72.9 Å². The monoisotopic (exact) mass is 408 g/mol. The van der Waals surface area contributed by atoms with E-state index in [9.17, 15) is 9.59 Å². The summed E-state index contributed by atoms with van der Waals surface area (Å²) >= 11 is 0. The highest BCUT2D eigenvalue weighted by Gasteiger charge is 2.20. The summed E-state index contributed by atoms with van der Waals surface area (Å²) in [4.78, 5) is 25.7. The summed E-state index contributed by atoms with van der Waals surface area (Å²) in [6, 6.07) is 22.6. The summed E-state index contributed by atoms with van der Waals surface area (Å²) in [5.74, 6) is 0.266. The van der Waals surface area contributed by atoms with Crippen LogP contribution in [0.25, 0.3) is 16.8 Å². The number of carbonyl (C=O) groups excluding carboxylic acids is 2. The number of ketones is 1. The lowest BCUT2D eigenvalue weighted by Crippen LogP contribution is -2.21. The lowest BCUT2D eigenvalue weighted by Gasteiger charge is -2.13. The van der Waals surface area contributed by atoms with Crippen molar-refractivity contribution in [2.24, 2.45) is 0 Å². The van der Waals surface area contributed by atoms with E-state index in [2.05, 4.69) is 47.0 Å². The molecular weight excluding hydrogens is 384 g/mol. The number of nitrogens with zero attached hydrogens (tertiary/aromatic N) is 2. The molecule has 2 heterocycles. The Morgan fingerprint density at radius 3 is 2.55 bits per heavy atom. The Morgan fingerprint density at radius 1 is 0.968 bits per heavy atom. The summed E-state index contributed by atoms with van der Waals surface area (Å²) in [6.07, 6.45) is 4.34. The van der Waals surface area contributed by atoms with Gasteiger partial charge in [0.1, 0.15) is 0 Å². The fourth-order valence-electron chi connectivity index (χ4n) is 4.44. The number of rotatable bonds is 4. The number of pyridine rings is 1. The molecule has 1 aliphatic rings. The first-order valence-corrected chi connectivity index (χ1v) is 10.6. The van der Waals surface area contributed by atoms with Crippen molar-refractivity contribution in [3.8, 4) is 11.3 Å². The SMILES string of the molecule is CN(C)C(=O)c1ccc(Cc2ccc(-c3ccc4c(c3)CCC4=O)n3cccc23)cc1. The molecule has 0 saturated carbocycles. The lowest BCUT2D eigenvalue weighted by molar-refractivity contribution is 0.0827. The third-order valence-corrected chi connectivity index (χ3v) is 6.10. The van der Waals surface area contributed by atoms with Crippen LogP contribution in [0.1, 0.15) is 43.8 Å². The minimum absolute atomic E-state index is 0.0147. The van der Waals surface area contributed by atoms with Crippen molar-refractivity contribution in [3.63, 3.8) is 0 Å². The van der Waals surface area contributed by atoms with Crippen LogP contribution in [0.4, 0.5) is 0 Å². The maximum atomic E-state index is 12.1. The molecule has 5 rings (SSSR count). The Kier molecular flexibility index (Phi) is 4.70. The lowest BCUT2D eigenvalue weighted by atomic mass is 10.00. The highest BCUT2D eigenvalue weighted by Crippen LogP contribution is 2.30. The molecule has 0 spiro atoms. The minimum Gasteiger partial charge on any atom is -0.345 e. The number of hydrogen-bond donors (Lipinski definition) is 0. The Morgan fingerprint density at radius 2 is 1.77 bits per heavy atom. The molecule has 2 aromatic heterocycles. The molecular formula is C27H24N2O2. The van der Waals surface area contributed by atoms with Crippen molar-refractivity contribution in [3.05, 3.63) is 101 Å². The van der Waals surface area contributed by atoms with Crippen molar-refractivity contribution in [1.29, 1.82) is 0 Å². The van der Waals surface area contributed by atoms with E-state index in [-0.39, 0.29) is 11.7 Å². The number of aryl methyl sites for hydroxylation is 1. The van der Waals surface area contributed by atoms with Crippen molar-refractivity contribution >= 4 is 17.2 Å². The summed E-state index contributed by atoms with van der Waals surface area (Å²) in [5.41, 5.74) is 8.55. The van der Waals surface area contributed by atoms with Crippen molar-refractivity contribution in [1.82, 2.24) is 9.30 Å². The summed E-state index contributed by atoms with van der Waals surface area (Å²) in [5, 5.41) is 0. The first-order chi connectivity index (χ1) is 15.0. The second-order valence-corrected chi connectivity index (χ2v) is 8.38. The average molecular weight is 409 g/mol. The van der Waals surface area contributed by atoms with Crippen LogP contribution in [-0.4, -0.2) is 35.1 Å². The van der Waals surface area contributed by atoms with Crippen LogP contribution in [0.3, 0.4) is 0 Å². The summed E-state index contributed by atoms with van der Waals surface area (Å²) in [6.45, 7) is 0. The molecule has 0 fully saturated rings. The maximum Gasteiger partial charge on any atom is 0.253 e. The highest BCUT2D eigenvalue weighted by atomic mass is 16.2. The average Bonchev–Trinajstić information content (AvgIpc) is 3.41. The Hall–Kier alpha value is -3.66. The number of carbonyl (C=O) groups is 2. The zero-order valence-electron chi connectivity index (χ0n) is 17.8. The molecule has 0 bridgehead atoms. The van der Waals surface area contributed by atoms with Gasteiger partial charge in [-0.3, -0.25) is 9.59 Å². The van der Waals surface area contributed by atoms with E-state index in [0.717, 1.165) is 35.2 Å². The highest BCUT2D eigenvalue weighted by molar-refractivity contribution is 6.01. The van der Waals surface area contributed by atoms with Gasteiger partial charge in [-0.25, -0.2) is 0 Å². The summed E-state index contributed by atoms with van der Waals surface area (Å²) < 4.78 is 2.22. The largest absolute Gasteiger partial charge is 0.345 e. The number of aromatic nitrogens is 1. The smallest absolute Gasteiger partial charge is 0.253 e. The minimum atomic E-state index is 0.0147. The standard InChI is InChI=1S/C27H24N2O2/c1-28(2)27(31)19-7-5-18(6-8-19)16-21-10-13-25(29-15-3-4-24(21)29)22-9-12-23-20(17-22)11-14-26(23)30/h3-10,12-13,15,17H,11,14,16H2,1-2H3. The predicted molar refractivity (Wildman–Crippen MR) is 123 cm³/mol. The molecule has 2 aromatic carbocycles. The van der Waals surface area contributed by atoms with Crippen molar-refractivity contribution in [2.45, 2.75) is 19.3 Å². The third kappa shape index (κ3) is 3.44. The van der Waals surface area contributed by atoms with Crippen LogP contribution in [-0.2, 0) is 12.8 Å². The van der Waals surface area contributed by atoms with Gasteiger partial charge in [-0.2, -0.15) is 0 Å². The predicted octanol–water partition coefficient (Wildman–Crippen LogP) is 5.03. The molecule has 1 aliphatic carbocycles. The van der Waals surface area contributed by atoms with Crippen LogP contribution in [0.5, 0.6) is 0 Å². The van der Waals surface area contributed by atoms with Gasteiger partial charge in [-0.15, -0.1) is 0 Å². The number of benzene rings is 2. The van der Waals surface area contributed by atoms with E-state index < -0.39 is 0 Å². The number of Topliss-reactive ketones (excluding diaryl/α,β-unsaturated/α-hetero) is 1. The molecule has 4 nitrogen and oxygen atoms in total. The molecule has 154 valence electrons. The molecule has 4 aromatic rings. The van der Waals surface area contributed by atoms with E-state index in [1.807, 2.05) is 30.3 Å². The van der Waals surface area contributed by atoms with Crippen LogP contribution >= 0.6 is 0 Å². The quantitative estimate of drug-likeness (QED) is 0.475. The molecule has 0 unspecified atom stereocenters. The van der Waals surface area contributed by atoms with Gasteiger partial charge in [-0.1, -0.05) is 30.3 Å². The number of fused-ring (bicyclic) bond motifs is 2. The Bertz CT molecular complexity index is 1310. The van der Waals surface area contributed by atoms with E-state index in [0.29, 0.717) is 12.0 Å². The van der Waals surface area contributed by atoms with Crippen molar-refractivity contribution in [2.75, 3.05) is 14.1 Å². The van der Waals surface area contributed by atoms with Crippen molar-refractivity contribution < 1.29 is 9.59 Å². The fourth-order valence-corrected chi connectivity index (χ4v) is 4.44. The van der Waals surface area contributed by atoms with E-state index in [4.69, 9.17) is 0 Å². The zero-order valence-corrected chi connectivity index (χ0v) is 17.8. The van der Waals surface area contributed by atoms with E-state index in [1.165, 1.54) is 16.6 Å². The topological polar surface area (TPSA) is 41.8 Å². The molecule has 1 amide bonds. The van der Waals surface area contributed by atoms with Gasteiger partial charge in [0.05, 0.1) is 5.69 Å². The first-order valence-electron chi connectivity index (χ1n) is 10.6. The van der Waals surface area contributed by atoms with Crippen LogP contribution in [0, 0.1) is 0 Å². The molecule has 0 saturated heterocycles. The van der Waals surface area contributed by atoms with E-state index in [1.54, 1.807) is 19.0 Å². The molecule has 0 radical (unpaired) electrons. The van der Waals surface area contributed by atoms with Gasteiger partial charge in [-0.05, 0) is 71.5 Å². The van der Waals surface area contributed by atoms with Gasteiger partial charge < -0.3 is 9.30 Å². The number of hydrogen-bond acceptors (Lipinski definition) is 2. The maximum absolute atomic E-state index is 12.1. The summed E-state index contributed by atoms with van der Waals surface area (Å²) in [7, 11) is 3.53. The molecule has 0 atom stereocenters. The molecule has 0 aliphatic heterocycles. The zero-order chi connectivity index (χ0) is 21.5. The normalized spacial score (nSPS) is 12.9. The molecule has 4 heteroatoms.